The standard InChI is InChI=1S/C13H17N3O/c1-9(14)10-4-11(6-13(5-10)17-3)12-7-15-16(2)8-12/h4-9H,14H2,1-3H3. The highest BCUT2D eigenvalue weighted by atomic mass is 16.5. The van der Waals surface area contributed by atoms with Crippen LogP contribution in [0, 0.1) is 0 Å². The minimum Gasteiger partial charge on any atom is -0.497 e. The monoisotopic (exact) mass is 231 g/mol. The molecule has 17 heavy (non-hydrogen) atoms. The topological polar surface area (TPSA) is 53.1 Å². The Morgan fingerprint density at radius 1 is 1.29 bits per heavy atom. The van der Waals surface area contributed by atoms with Gasteiger partial charge in [-0.1, -0.05) is 0 Å². The molecule has 1 aromatic carbocycles. The van der Waals surface area contributed by atoms with Crippen molar-refractivity contribution in [2.45, 2.75) is 13.0 Å². The Labute approximate surface area is 101 Å². The van der Waals surface area contributed by atoms with Gasteiger partial charge in [0.1, 0.15) is 5.75 Å². The molecule has 0 aliphatic rings. The van der Waals surface area contributed by atoms with Gasteiger partial charge < -0.3 is 10.5 Å². The van der Waals surface area contributed by atoms with Crippen LogP contribution in [-0.4, -0.2) is 16.9 Å². The van der Waals surface area contributed by atoms with E-state index in [2.05, 4.69) is 11.2 Å². The number of aryl methyl sites for hydroxylation is 1. The van der Waals surface area contributed by atoms with Gasteiger partial charge in [0.25, 0.3) is 0 Å². The van der Waals surface area contributed by atoms with Crippen molar-refractivity contribution in [2.24, 2.45) is 12.8 Å². The van der Waals surface area contributed by atoms with E-state index in [4.69, 9.17) is 10.5 Å². The molecule has 0 amide bonds. The second kappa shape index (κ2) is 4.59. The number of ether oxygens (including phenoxy) is 1. The zero-order valence-electron chi connectivity index (χ0n) is 10.3. The molecule has 0 radical (unpaired) electrons. The first-order valence-electron chi connectivity index (χ1n) is 5.53. The van der Waals surface area contributed by atoms with Crippen LogP contribution in [-0.2, 0) is 7.05 Å². The van der Waals surface area contributed by atoms with E-state index >= 15 is 0 Å². The van der Waals surface area contributed by atoms with E-state index in [0.29, 0.717) is 0 Å². The molecule has 1 aromatic heterocycles. The summed E-state index contributed by atoms with van der Waals surface area (Å²) in [5.41, 5.74) is 9.11. The van der Waals surface area contributed by atoms with E-state index in [1.54, 1.807) is 11.8 Å². The lowest BCUT2D eigenvalue weighted by atomic mass is 10.0. The first kappa shape index (κ1) is 11.7. The molecule has 0 bridgehead atoms. The number of methoxy groups -OCH3 is 1. The molecule has 2 N–H and O–H groups in total. The summed E-state index contributed by atoms with van der Waals surface area (Å²) in [5.74, 6) is 0.818. The molecule has 0 saturated heterocycles. The zero-order valence-corrected chi connectivity index (χ0v) is 10.3. The van der Waals surface area contributed by atoms with E-state index in [-0.39, 0.29) is 6.04 Å². The number of hydrogen-bond acceptors (Lipinski definition) is 3. The summed E-state index contributed by atoms with van der Waals surface area (Å²) in [6, 6.07) is 6.01. The van der Waals surface area contributed by atoms with Crippen LogP contribution < -0.4 is 10.5 Å². The van der Waals surface area contributed by atoms with Gasteiger partial charge in [-0.2, -0.15) is 5.10 Å². The molecular formula is C13H17N3O. The maximum absolute atomic E-state index is 5.91. The van der Waals surface area contributed by atoms with Crippen LogP contribution in [0.1, 0.15) is 18.5 Å². The van der Waals surface area contributed by atoms with Crippen molar-refractivity contribution in [1.29, 1.82) is 0 Å². The smallest absolute Gasteiger partial charge is 0.119 e. The van der Waals surface area contributed by atoms with E-state index in [0.717, 1.165) is 22.4 Å². The molecule has 2 aromatic rings. The Kier molecular flexibility index (Phi) is 3.15. The highest BCUT2D eigenvalue weighted by Crippen LogP contribution is 2.27. The summed E-state index contributed by atoms with van der Waals surface area (Å²) < 4.78 is 7.07. The fraction of sp³-hybridized carbons (Fsp3) is 0.308. The first-order chi connectivity index (χ1) is 8.10. The molecule has 1 unspecified atom stereocenters. The highest BCUT2D eigenvalue weighted by molar-refractivity contribution is 5.65. The maximum Gasteiger partial charge on any atom is 0.119 e. The zero-order chi connectivity index (χ0) is 12.4. The van der Waals surface area contributed by atoms with Gasteiger partial charge in [-0.05, 0) is 36.2 Å². The molecule has 0 spiro atoms. The molecule has 0 fully saturated rings. The normalized spacial score (nSPS) is 12.5. The number of nitrogens with zero attached hydrogens (tertiary/aromatic N) is 2. The molecule has 0 aliphatic heterocycles. The second-order valence-electron chi connectivity index (χ2n) is 4.19. The predicted octanol–water partition coefficient (Wildman–Crippen LogP) is 2.12. The van der Waals surface area contributed by atoms with Crippen molar-refractivity contribution in [3.63, 3.8) is 0 Å². The summed E-state index contributed by atoms with van der Waals surface area (Å²) >= 11 is 0. The van der Waals surface area contributed by atoms with Crippen LogP contribution in [0.2, 0.25) is 0 Å². The van der Waals surface area contributed by atoms with Crippen LogP contribution in [0.25, 0.3) is 11.1 Å². The van der Waals surface area contributed by atoms with Gasteiger partial charge in [0.15, 0.2) is 0 Å². The second-order valence-corrected chi connectivity index (χ2v) is 4.19. The third-order valence-electron chi connectivity index (χ3n) is 2.73. The predicted molar refractivity (Wildman–Crippen MR) is 67.8 cm³/mol. The minimum absolute atomic E-state index is 0.0134. The molecule has 1 heterocycles. The maximum atomic E-state index is 5.91. The molecule has 0 aliphatic carbocycles. The molecule has 0 saturated carbocycles. The van der Waals surface area contributed by atoms with E-state index in [1.165, 1.54) is 0 Å². The van der Waals surface area contributed by atoms with Gasteiger partial charge in [0.2, 0.25) is 0 Å². The van der Waals surface area contributed by atoms with Crippen molar-refractivity contribution in [2.75, 3.05) is 7.11 Å². The molecule has 90 valence electrons. The SMILES string of the molecule is COc1cc(-c2cnn(C)c2)cc(C(C)N)c1. The Morgan fingerprint density at radius 3 is 2.59 bits per heavy atom. The van der Waals surface area contributed by atoms with E-state index < -0.39 is 0 Å². The Morgan fingerprint density at radius 2 is 2.06 bits per heavy atom. The van der Waals surface area contributed by atoms with Crippen molar-refractivity contribution in [3.8, 4) is 16.9 Å². The third kappa shape index (κ3) is 2.47. The third-order valence-corrected chi connectivity index (χ3v) is 2.73. The van der Waals surface area contributed by atoms with Gasteiger partial charge in [-0.3, -0.25) is 4.68 Å². The minimum atomic E-state index is -0.0134. The molecule has 1 atom stereocenters. The Bertz CT molecular complexity index is 517. The lowest BCUT2D eigenvalue weighted by Gasteiger charge is -2.10. The van der Waals surface area contributed by atoms with Crippen LogP contribution in [0.4, 0.5) is 0 Å². The summed E-state index contributed by atoms with van der Waals surface area (Å²) in [6.07, 6.45) is 3.81. The number of aromatic nitrogens is 2. The van der Waals surface area contributed by atoms with Crippen molar-refractivity contribution in [1.82, 2.24) is 9.78 Å². The van der Waals surface area contributed by atoms with E-state index in [9.17, 15) is 0 Å². The Balaban J connectivity index is 2.49. The number of hydrogen-bond donors (Lipinski definition) is 1. The fourth-order valence-corrected chi connectivity index (χ4v) is 1.74. The lowest BCUT2D eigenvalue weighted by molar-refractivity contribution is 0.414. The quantitative estimate of drug-likeness (QED) is 0.880. The van der Waals surface area contributed by atoms with Crippen molar-refractivity contribution >= 4 is 0 Å². The number of rotatable bonds is 3. The summed E-state index contributed by atoms with van der Waals surface area (Å²) in [4.78, 5) is 0. The molecular weight excluding hydrogens is 214 g/mol. The summed E-state index contributed by atoms with van der Waals surface area (Å²) in [7, 11) is 3.56. The first-order valence-corrected chi connectivity index (χ1v) is 5.53. The number of benzene rings is 1. The highest BCUT2D eigenvalue weighted by Gasteiger charge is 2.07. The van der Waals surface area contributed by atoms with Gasteiger partial charge in [-0.25, -0.2) is 0 Å². The molecule has 2 rings (SSSR count). The largest absolute Gasteiger partial charge is 0.497 e. The van der Waals surface area contributed by atoms with Gasteiger partial charge in [0, 0.05) is 24.8 Å². The average molecular weight is 231 g/mol. The van der Waals surface area contributed by atoms with Gasteiger partial charge in [-0.15, -0.1) is 0 Å². The molecule has 4 nitrogen and oxygen atoms in total. The van der Waals surface area contributed by atoms with Crippen LogP contribution >= 0.6 is 0 Å². The lowest BCUT2D eigenvalue weighted by Crippen LogP contribution is -2.05. The summed E-state index contributed by atoms with van der Waals surface area (Å²) in [6.45, 7) is 1.96. The Hall–Kier alpha value is -1.81. The van der Waals surface area contributed by atoms with Crippen LogP contribution in [0.5, 0.6) is 5.75 Å². The van der Waals surface area contributed by atoms with Crippen molar-refractivity contribution < 1.29 is 4.74 Å². The van der Waals surface area contributed by atoms with E-state index in [1.807, 2.05) is 38.5 Å². The molecule has 4 heteroatoms. The van der Waals surface area contributed by atoms with Gasteiger partial charge >= 0.3 is 0 Å². The summed E-state index contributed by atoms with van der Waals surface area (Å²) in [5, 5.41) is 4.17. The fourth-order valence-electron chi connectivity index (χ4n) is 1.74. The number of nitrogens with two attached hydrogens (primary N) is 1. The average Bonchev–Trinajstić information content (AvgIpc) is 2.75. The van der Waals surface area contributed by atoms with Crippen LogP contribution in [0.15, 0.2) is 30.6 Å². The van der Waals surface area contributed by atoms with Crippen LogP contribution in [0.3, 0.4) is 0 Å². The van der Waals surface area contributed by atoms with Crippen molar-refractivity contribution in [3.05, 3.63) is 36.2 Å². The van der Waals surface area contributed by atoms with Gasteiger partial charge in [0.05, 0.1) is 13.3 Å².